The maximum atomic E-state index is 12.7. The Hall–Kier alpha value is -3.23. The van der Waals surface area contributed by atoms with Crippen LogP contribution >= 0.6 is 0 Å². The molecule has 0 atom stereocenters. The summed E-state index contributed by atoms with van der Waals surface area (Å²) in [6.45, 7) is 3.57. The molecule has 0 fully saturated rings. The van der Waals surface area contributed by atoms with Gasteiger partial charge < -0.3 is 24.1 Å². The molecule has 0 aromatic heterocycles. The molecule has 0 aliphatic heterocycles. The van der Waals surface area contributed by atoms with Gasteiger partial charge in [0.1, 0.15) is 40.1 Å². The van der Waals surface area contributed by atoms with Gasteiger partial charge in [-0.2, -0.15) is 0 Å². The van der Waals surface area contributed by atoms with Gasteiger partial charge in [-0.3, -0.25) is 0 Å². The molecule has 232 valence electrons. The van der Waals surface area contributed by atoms with Crippen molar-refractivity contribution in [2.24, 2.45) is 0 Å². The Labute approximate surface area is 287 Å². The third-order valence-corrected chi connectivity index (χ3v) is 8.69. The molecule has 0 saturated carbocycles. The number of nitrogens with one attached hydrogen (secondary N) is 1. The predicted molar refractivity (Wildman–Crippen MR) is 170 cm³/mol. The number of hydrogen-bond donors (Lipinski definition) is 1. The van der Waals surface area contributed by atoms with Crippen LogP contribution in [0.1, 0.15) is 23.6 Å². The summed E-state index contributed by atoms with van der Waals surface area (Å²) >= 11 is 0. The zero-order valence-electron chi connectivity index (χ0n) is 26.3. The Balaban J connectivity index is 0.00000552. The van der Waals surface area contributed by atoms with Crippen LogP contribution in [0, 0.1) is 6.92 Å². The zero-order chi connectivity index (χ0) is 32.4. The third kappa shape index (κ3) is 8.53. The van der Waals surface area contributed by atoms with Gasteiger partial charge in [-0.05, 0) is 78.6 Å². The number of rotatable bonds is 9. The van der Waals surface area contributed by atoms with Crippen LogP contribution in [0.2, 0.25) is 0 Å². The molecular formula is C32H34N3NaO7S2. The largest absolute Gasteiger partial charge is 1.00 e. The number of nitrogens with zero attached hydrogens (tertiary/aromatic N) is 2. The second-order valence-corrected chi connectivity index (χ2v) is 13.3. The minimum atomic E-state index is -5.12. The van der Waals surface area contributed by atoms with E-state index < -0.39 is 30.0 Å². The molecule has 10 nitrogen and oxygen atoms in total. The molecule has 0 bridgehead atoms. The van der Waals surface area contributed by atoms with Crippen molar-refractivity contribution in [3.05, 3.63) is 101 Å². The fourth-order valence-electron chi connectivity index (χ4n) is 4.75. The van der Waals surface area contributed by atoms with Gasteiger partial charge in [-0.1, -0.05) is 18.2 Å². The zero-order valence-corrected chi connectivity index (χ0v) is 29.9. The fraction of sp³-hybridized carbons (Fsp3) is 0.219. The third-order valence-electron chi connectivity index (χ3n) is 6.94. The number of anilines is 3. The van der Waals surface area contributed by atoms with E-state index in [-0.39, 0.29) is 53.3 Å². The van der Waals surface area contributed by atoms with E-state index in [1.807, 2.05) is 86.2 Å². The van der Waals surface area contributed by atoms with Gasteiger partial charge in [0.2, 0.25) is 0 Å². The van der Waals surface area contributed by atoms with Gasteiger partial charge in [0.25, 0.3) is 0 Å². The van der Waals surface area contributed by atoms with Crippen molar-refractivity contribution in [1.82, 2.24) is 0 Å². The van der Waals surface area contributed by atoms with E-state index in [2.05, 4.69) is 5.32 Å². The number of ether oxygens (including phenoxy) is 1. The Morgan fingerprint density at radius 1 is 0.844 bits per heavy atom. The summed E-state index contributed by atoms with van der Waals surface area (Å²) in [4.78, 5) is 0.728. The van der Waals surface area contributed by atoms with Crippen LogP contribution in [0.5, 0.6) is 5.75 Å². The van der Waals surface area contributed by atoms with E-state index in [9.17, 15) is 25.9 Å². The first-order chi connectivity index (χ1) is 20.6. The van der Waals surface area contributed by atoms with Crippen LogP contribution in [-0.4, -0.2) is 71.0 Å². The van der Waals surface area contributed by atoms with E-state index in [4.69, 9.17) is 4.74 Å². The second-order valence-electron chi connectivity index (χ2n) is 10.6. The topological polar surface area (TPSA) is 142 Å². The van der Waals surface area contributed by atoms with Crippen LogP contribution in [0.4, 0.5) is 17.1 Å². The first-order valence-electron chi connectivity index (χ1n) is 13.6. The summed E-state index contributed by atoms with van der Waals surface area (Å²) in [7, 11) is -2.39. The van der Waals surface area contributed by atoms with Crippen molar-refractivity contribution in [3.8, 4) is 5.75 Å². The minimum absolute atomic E-state index is 0. The molecule has 0 radical (unpaired) electrons. The van der Waals surface area contributed by atoms with Gasteiger partial charge in [-0.15, -0.1) is 0 Å². The minimum Gasteiger partial charge on any atom is -0.744 e. The van der Waals surface area contributed by atoms with Crippen molar-refractivity contribution >= 4 is 48.6 Å². The number of hydrogen-bond acceptors (Lipinski definition) is 9. The Bertz CT molecular complexity index is 1920. The van der Waals surface area contributed by atoms with E-state index >= 15 is 0 Å². The SMILES string of the molecule is CCOc1cc(Nc2ccc(C)cc2S(=O)(=O)[O-])c(S(=O)(=O)[O-])cc1C(=C1C=CC(=[N+](C)C)C=C1)c1ccc(N(C)C)cc1.[Na+]. The molecule has 1 N–H and O–H groups in total. The molecule has 1 aliphatic rings. The van der Waals surface area contributed by atoms with Gasteiger partial charge >= 0.3 is 29.6 Å². The van der Waals surface area contributed by atoms with Gasteiger partial charge in [0, 0.05) is 43.6 Å². The number of aryl methyl sites for hydroxylation is 1. The molecule has 0 heterocycles. The van der Waals surface area contributed by atoms with Crippen molar-refractivity contribution in [2.45, 2.75) is 23.6 Å². The quantitative estimate of drug-likeness (QED) is 0.206. The Morgan fingerprint density at radius 3 is 1.93 bits per heavy atom. The molecule has 3 aromatic rings. The van der Waals surface area contributed by atoms with Gasteiger partial charge in [-0.25, -0.2) is 21.4 Å². The normalized spacial score (nSPS) is 12.9. The van der Waals surface area contributed by atoms with E-state index in [1.54, 1.807) is 19.9 Å². The van der Waals surface area contributed by atoms with Crippen molar-refractivity contribution in [2.75, 3.05) is 45.0 Å². The average molecular weight is 660 g/mol. The van der Waals surface area contributed by atoms with Crippen LogP contribution in [0.25, 0.3) is 5.57 Å². The molecular weight excluding hydrogens is 625 g/mol. The molecule has 0 unspecified atom stereocenters. The molecule has 0 spiro atoms. The van der Waals surface area contributed by atoms with Crippen LogP contribution in [0.3, 0.4) is 0 Å². The summed E-state index contributed by atoms with van der Waals surface area (Å²) in [5.74, 6) is 0.240. The fourth-order valence-corrected chi connectivity index (χ4v) is 6.11. The molecule has 3 aromatic carbocycles. The Kier molecular flexibility index (Phi) is 11.6. The Morgan fingerprint density at radius 2 is 1.42 bits per heavy atom. The molecule has 0 saturated heterocycles. The smallest absolute Gasteiger partial charge is 0.744 e. The van der Waals surface area contributed by atoms with E-state index in [1.165, 1.54) is 24.3 Å². The maximum absolute atomic E-state index is 12.7. The summed E-state index contributed by atoms with van der Waals surface area (Å²) in [6, 6.07) is 14.3. The van der Waals surface area contributed by atoms with Gasteiger partial charge in [0.05, 0.1) is 27.8 Å². The molecule has 1 aliphatic carbocycles. The standard InChI is InChI=1S/C32H35N3O7S2.Na/c1-7-42-29-20-28(33-27-17-8-21(2)18-30(27)43(36,37)38)31(44(39,40)41)19-26(29)32(22-9-13-24(14-10-22)34(3)4)23-11-15-25(16-12-23)35(5)6;/h8-20H,7H2,1-6H3,(H2,36,37,38,39,40,41);/q;+1/p-1. The molecule has 0 amide bonds. The van der Waals surface area contributed by atoms with Crippen LogP contribution in [0.15, 0.2) is 94.3 Å². The summed E-state index contributed by atoms with van der Waals surface area (Å²) in [6.07, 6.45) is 7.64. The number of benzene rings is 3. The molecule has 13 heteroatoms. The summed E-state index contributed by atoms with van der Waals surface area (Å²) in [5, 5.41) is 2.71. The average Bonchev–Trinajstić information content (AvgIpc) is 2.94. The van der Waals surface area contributed by atoms with E-state index in [0.29, 0.717) is 16.7 Å². The first-order valence-corrected chi connectivity index (χ1v) is 16.4. The van der Waals surface area contributed by atoms with Gasteiger partial charge in [0.15, 0.2) is 5.71 Å². The van der Waals surface area contributed by atoms with Crippen LogP contribution in [-0.2, 0) is 20.2 Å². The molecule has 45 heavy (non-hydrogen) atoms. The summed E-state index contributed by atoms with van der Waals surface area (Å²) in [5.41, 5.74) is 4.42. The maximum Gasteiger partial charge on any atom is 1.00 e. The number of allylic oxidation sites excluding steroid dienone is 5. The molecule has 4 rings (SSSR count). The summed E-state index contributed by atoms with van der Waals surface area (Å²) < 4.78 is 82.1. The van der Waals surface area contributed by atoms with E-state index in [0.717, 1.165) is 22.5 Å². The van der Waals surface area contributed by atoms with Crippen molar-refractivity contribution in [1.29, 1.82) is 0 Å². The predicted octanol–water partition coefficient (Wildman–Crippen LogP) is 1.66. The first kappa shape index (κ1) is 36.2. The monoisotopic (exact) mass is 659 g/mol. The van der Waals surface area contributed by atoms with Crippen molar-refractivity contribution in [3.63, 3.8) is 0 Å². The van der Waals surface area contributed by atoms with Crippen molar-refractivity contribution < 1.29 is 64.8 Å². The second kappa shape index (κ2) is 14.5. The van der Waals surface area contributed by atoms with Crippen LogP contribution < -0.4 is 44.5 Å².